The van der Waals surface area contributed by atoms with Gasteiger partial charge in [-0.05, 0) is 6.42 Å². The third-order valence-corrected chi connectivity index (χ3v) is 4.42. The summed E-state index contributed by atoms with van der Waals surface area (Å²) in [6.45, 7) is 2.77. The number of halogens is 1. The van der Waals surface area contributed by atoms with Gasteiger partial charge >= 0.3 is 0 Å². The van der Waals surface area contributed by atoms with Crippen LogP contribution in [-0.4, -0.2) is 45.2 Å². The van der Waals surface area contributed by atoms with Crippen LogP contribution in [0.1, 0.15) is 16.9 Å². The first kappa shape index (κ1) is 14.5. The number of thiazole rings is 1. The Morgan fingerprint density at radius 1 is 1.29 bits per heavy atom. The molecule has 0 aliphatic carbocycles. The normalized spacial score (nSPS) is 22.7. The van der Waals surface area contributed by atoms with Gasteiger partial charge < -0.3 is 5.32 Å². The predicted octanol–water partition coefficient (Wildman–Crippen LogP) is 1.64. The molecular weight excluding hydrogens is 289 g/mol. The van der Waals surface area contributed by atoms with Gasteiger partial charge in [0.25, 0.3) is 0 Å². The third kappa shape index (κ3) is 4.03. The van der Waals surface area contributed by atoms with Crippen LogP contribution in [0.4, 0.5) is 4.39 Å². The Bertz CT molecular complexity index is 536. The molecule has 1 aliphatic rings. The number of nitrogens with one attached hydrogen (secondary N) is 1. The average Bonchev–Trinajstić information content (AvgIpc) is 3.11. The molecule has 1 aliphatic heterocycles. The van der Waals surface area contributed by atoms with Crippen molar-refractivity contribution < 1.29 is 4.39 Å². The van der Waals surface area contributed by atoms with E-state index in [0.29, 0.717) is 19.5 Å². The summed E-state index contributed by atoms with van der Waals surface area (Å²) in [5.41, 5.74) is 2.85. The minimum atomic E-state index is -0.746. The minimum Gasteiger partial charge on any atom is -0.310 e. The average molecular weight is 307 g/mol. The van der Waals surface area contributed by atoms with E-state index in [1.807, 2.05) is 11.7 Å². The second kappa shape index (κ2) is 7.02. The van der Waals surface area contributed by atoms with Crippen LogP contribution in [0.2, 0.25) is 0 Å². The molecule has 2 aromatic rings. The molecule has 1 fully saturated rings. The van der Waals surface area contributed by atoms with Gasteiger partial charge in [-0.15, -0.1) is 11.3 Å². The van der Waals surface area contributed by atoms with Gasteiger partial charge in [0.2, 0.25) is 0 Å². The Kier molecular flexibility index (Phi) is 4.84. The van der Waals surface area contributed by atoms with Gasteiger partial charge in [-0.25, -0.2) is 14.4 Å². The largest absolute Gasteiger partial charge is 0.310 e. The first-order valence-electron chi connectivity index (χ1n) is 7.01. The lowest BCUT2D eigenvalue weighted by molar-refractivity contribution is 0.229. The number of likely N-dealkylation sites (tertiary alicyclic amines) is 1. The monoisotopic (exact) mass is 307 g/mol. The maximum absolute atomic E-state index is 13.7. The van der Waals surface area contributed by atoms with Crippen LogP contribution in [-0.2, 0) is 13.1 Å². The summed E-state index contributed by atoms with van der Waals surface area (Å²) >= 11 is 1.63. The van der Waals surface area contributed by atoms with Crippen molar-refractivity contribution in [2.45, 2.75) is 31.7 Å². The molecule has 3 rings (SSSR count). The Morgan fingerprint density at radius 3 is 2.90 bits per heavy atom. The van der Waals surface area contributed by atoms with Gasteiger partial charge in [-0.3, -0.25) is 9.88 Å². The fraction of sp³-hybridized carbons (Fsp3) is 0.500. The van der Waals surface area contributed by atoms with Gasteiger partial charge in [-0.1, -0.05) is 0 Å². The van der Waals surface area contributed by atoms with E-state index in [1.54, 1.807) is 23.7 Å². The molecule has 0 aromatic carbocycles. The van der Waals surface area contributed by atoms with Crippen LogP contribution in [0.25, 0.3) is 0 Å². The highest BCUT2D eigenvalue weighted by atomic mass is 32.1. The maximum Gasteiger partial charge on any atom is 0.115 e. The van der Waals surface area contributed by atoms with E-state index in [9.17, 15) is 4.39 Å². The topological polar surface area (TPSA) is 53.9 Å². The smallest absolute Gasteiger partial charge is 0.115 e. The van der Waals surface area contributed by atoms with Crippen molar-refractivity contribution in [1.82, 2.24) is 25.2 Å². The molecule has 0 radical (unpaired) electrons. The lowest BCUT2D eigenvalue weighted by atomic mass is 10.2. The van der Waals surface area contributed by atoms with E-state index >= 15 is 0 Å². The van der Waals surface area contributed by atoms with E-state index < -0.39 is 6.17 Å². The number of rotatable bonds is 6. The van der Waals surface area contributed by atoms with Crippen LogP contribution in [0, 0.1) is 0 Å². The summed E-state index contributed by atoms with van der Waals surface area (Å²) in [7, 11) is 0. The van der Waals surface area contributed by atoms with Crippen LogP contribution in [0.3, 0.4) is 0 Å². The van der Waals surface area contributed by atoms with Gasteiger partial charge in [-0.2, -0.15) is 0 Å². The highest BCUT2D eigenvalue weighted by molar-refractivity contribution is 7.09. The molecule has 5 nitrogen and oxygen atoms in total. The molecule has 112 valence electrons. The van der Waals surface area contributed by atoms with Crippen LogP contribution < -0.4 is 5.32 Å². The highest BCUT2D eigenvalue weighted by Gasteiger charge is 2.31. The lowest BCUT2D eigenvalue weighted by Crippen LogP contribution is -2.37. The lowest BCUT2D eigenvalue weighted by Gasteiger charge is -2.24. The first-order chi connectivity index (χ1) is 10.3. The Morgan fingerprint density at radius 2 is 2.14 bits per heavy atom. The van der Waals surface area contributed by atoms with E-state index in [-0.39, 0.29) is 6.04 Å². The quantitative estimate of drug-likeness (QED) is 0.879. The van der Waals surface area contributed by atoms with Crippen LogP contribution in [0.5, 0.6) is 0 Å². The molecule has 2 aromatic heterocycles. The van der Waals surface area contributed by atoms with Crippen molar-refractivity contribution >= 4 is 11.3 Å². The van der Waals surface area contributed by atoms with E-state index in [2.05, 4.69) is 25.2 Å². The zero-order chi connectivity index (χ0) is 14.5. The van der Waals surface area contributed by atoms with Gasteiger partial charge in [0.1, 0.15) is 12.5 Å². The van der Waals surface area contributed by atoms with E-state index in [4.69, 9.17) is 0 Å². The second-order valence-electron chi connectivity index (χ2n) is 5.26. The van der Waals surface area contributed by atoms with Crippen LogP contribution in [0.15, 0.2) is 30.4 Å². The molecule has 0 saturated carbocycles. The van der Waals surface area contributed by atoms with Gasteiger partial charge in [0, 0.05) is 61.3 Å². The van der Waals surface area contributed by atoms with Crippen molar-refractivity contribution in [1.29, 1.82) is 0 Å². The number of hydrogen-bond donors (Lipinski definition) is 1. The third-order valence-electron chi connectivity index (χ3n) is 3.64. The zero-order valence-corrected chi connectivity index (χ0v) is 12.5. The van der Waals surface area contributed by atoms with E-state index in [0.717, 1.165) is 18.7 Å². The van der Waals surface area contributed by atoms with Gasteiger partial charge in [0.15, 0.2) is 0 Å². The minimum absolute atomic E-state index is 0.216. The summed E-state index contributed by atoms with van der Waals surface area (Å²) in [5.74, 6) is 0. The molecule has 0 unspecified atom stereocenters. The molecule has 1 N–H and O–H groups in total. The summed E-state index contributed by atoms with van der Waals surface area (Å²) in [6.07, 6.45) is 6.80. The number of hydrogen-bond acceptors (Lipinski definition) is 6. The molecule has 0 spiro atoms. The number of aromatic nitrogens is 3. The van der Waals surface area contributed by atoms with E-state index in [1.165, 1.54) is 11.2 Å². The standard InChI is InChI=1S/C14H18FN5S/c15-12-1-13(4-16-5-14-6-19-10-21-14)20(8-12)7-11-2-17-9-18-3-11/h2-3,6,9-10,12-13,16H,1,4-5,7-8H2/t12-,13-/m0/s1. The molecule has 2 atom stereocenters. The Balaban J connectivity index is 1.52. The summed E-state index contributed by atoms with van der Waals surface area (Å²) < 4.78 is 13.7. The van der Waals surface area contributed by atoms with Crippen molar-refractivity contribution in [2.75, 3.05) is 13.1 Å². The summed E-state index contributed by atoms with van der Waals surface area (Å²) in [6, 6.07) is 0.216. The first-order valence-corrected chi connectivity index (χ1v) is 7.89. The molecular formula is C14H18FN5S. The molecule has 3 heterocycles. The molecule has 1 saturated heterocycles. The fourth-order valence-corrected chi connectivity index (χ4v) is 3.23. The molecule has 0 amide bonds. The number of alkyl halides is 1. The van der Waals surface area contributed by atoms with Gasteiger partial charge in [0.05, 0.1) is 5.51 Å². The summed E-state index contributed by atoms with van der Waals surface area (Å²) in [5, 5.41) is 3.40. The van der Waals surface area contributed by atoms with Crippen molar-refractivity contribution in [3.8, 4) is 0 Å². The molecule has 21 heavy (non-hydrogen) atoms. The van der Waals surface area contributed by atoms with Crippen molar-refractivity contribution in [3.05, 3.63) is 40.9 Å². The molecule has 0 bridgehead atoms. The number of nitrogens with zero attached hydrogens (tertiary/aromatic N) is 4. The maximum atomic E-state index is 13.7. The van der Waals surface area contributed by atoms with Crippen molar-refractivity contribution in [3.63, 3.8) is 0 Å². The molecule has 7 heteroatoms. The highest BCUT2D eigenvalue weighted by Crippen LogP contribution is 2.22. The SMILES string of the molecule is F[C@H]1C[C@@H](CNCc2cncs2)N(Cc2cncnc2)C1. The Labute approximate surface area is 127 Å². The Hall–Kier alpha value is -1.44. The van der Waals surface area contributed by atoms with Crippen molar-refractivity contribution in [2.24, 2.45) is 0 Å². The van der Waals surface area contributed by atoms with Crippen LogP contribution >= 0.6 is 11.3 Å². The summed E-state index contributed by atoms with van der Waals surface area (Å²) in [4.78, 5) is 15.4. The second-order valence-corrected chi connectivity index (χ2v) is 6.23. The zero-order valence-electron chi connectivity index (χ0n) is 11.7. The predicted molar refractivity (Wildman–Crippen MR) is 79.6 cm³/mol. The fourth-order valence-electron chi connectivity index (χ4n) is 2.67.